The van der Waals surface area contributed by atoms with Crippen molar-refractivity contribution in [3.8, 4) is 6.07 Å². The molecule has 3 nitrogen and oxygen atoms in total. The number of nitrogens with zero attached hydrogens (tertiary/aromatic N) is 2. The quantitative estimate of drug-likeness (QED) is 0.924. The summed E-state index contributed by atoms with van der Waals surface area (Å²) in [6.45, 7) is 1.87. The molecule has 0 saturated carbocycles. The van der Waals surface area contributed by atoms with Crippen LogP contribution in [0.25, 0.3) is 0 Å². The van der Waals surface area contributed by atoms with Crippen LogP contribution in [-0.2, 0) is 13.0 Å². The van der Waals surface area contributed by atoms with Crippen molar-refractivity contribution in [3.63, 3.8) is 0 Å². The van der Waals surface area contributed by atoms with Crippen LogP contribution in [0.2, 0.25) is 0 Å². The van der Waals surface area contributed by atoms with Crippen molar-refractivity contribution in [2.45, 2.75) is 13.0 Å². The molecule has 1 aliphatic rings. The van der Waals surface area contributed by atoms with Gasteiger partial charge in [-0.15, -0.1) is 0 Å². The van der Waals surface area contributed by atoms with Gasteiger partial charge in [-0.1, -0.05) is 24.3 Å². The third-order valence-electron chi connectivity index (χ3n) is 3.76. The number of rotatable bonds is 3. The number of hydrogen-bond acceptors (Lipinski definition) is 3. The van der Waals surface area contributed by atoms with Crippen molar-refractivity contribution in [2.24, 2.45) is 0 Å². The number of fused-ring (bicyclic) bond motifs is 1. The lowest BCUT2D eigenvalue weighted by atomic mass is 10.1. The first-order valence-electron chi connectivity index (χ1n) is 6.84. The van der Waals surface area contributed by atoms with E-state index >= 15 is 0 Å². The summed E-state index contributed by atoms with van der Waals surface area (Å²) in [7, 11) is 2.06. The Kier molecular flexibility index (Phi) is 3.30. The average Bonchev–Trinajstić information content (AvgIpc) is 2.97. The number of benzene rings is 2. The molecule has 0 aromatic heterocycles. The molecule has 100 valence electrons. The maximum atomic E-state index is 8.98. The molecule has 0 fully saturated rings. The molecule has 2 aromatic carbocycles. The Bertz CT molecular complexity index is 670. The lowest BCUT2D eigenvalue weighted by Crippen LogP contribution is -2.17. The predicted octanol–water partition coefficient (Wildman–Crippen LogP) is 3.16. The van der Waals surface area contributed by atoms with Crippen LogP contribution in [0, 0.1) is 11.3 Å². The van der Waals surface area contributed by atoms with Crippen molar-refractivity contribution in [2.75, 3.05) is 23.8 Å². The summed E-state index contributed by atoms with van der Waals surface area (Å²) in [6.07, 6.45) is 1.11. The molecule has 0 atom stereocenters. The Morgan fingerprint density at radius 1 is 1.25 bits per heavy atom. The molecule has 0 saturated heterocycles. The Morgan fingerprint density at radius 3 is 2.95 bits per heavy atom. The van der Waals surface area contributed by atoms with E-state index in [1.807, 2.05) is 24.3 Å². The van der Waals surface area contributed by atoms with E-state index in [1.165, 1.54) is 16.8 Å². The third-order valence-corrected chi connectivity index (χ3v) is 3.76. The van der Waals surface area contributed by atoms with Crippen molar-refractivity contribution in [1.29, 1.82) is 5.26 Å². The largest absolute Gasteiger partial charge is 0.384 e. The normalized spacial score (nSPS) is 12.4. The van der Waals surface area contributed by atoms with Gasteiger partial charge in [0.2, 0.25) is 0 Å². The lowest BCUT2D eigenvalue weighted by molar-refractivity contribution is 0.924. The molecule has 1 aliphatic heterocycles. The first kappa shape index (κ1) is 12.6. The maximum Gasteiger partial charge on any atom is 0.0992 e. The monoisotopic (exact) mass is 263 g/mol. The number of nitrogens with one attached hydrogen (secondary N) is 1. The number of hydrogen-bond donors (Lipinski definition) is 1. The van der Waals surface area contributed by atoms with E-state index in [2.05, 4.69) is 41.5 Å². The molecule has 0 spiro atoms. The summed E-state index contributed by atoms with van der Waals surface area (Å²) in [4.78, 5) is 2.18. The van der Waals surface area contributed by atoms with Crippen LogP contribution >= 0.6 is 0 Å². The average molecular weight is 263 g/mol. The summed E-state index contributed by atoms with van der Waals surface area (Å²) in [5.41, 5.74) is 5.77. The van der Waals surface area contributed by atoms with Gasteiger partial charge in [0.1, 0.15) is 0 Å². The smallest absolute Gasteiger partial charge is 0.0992 e. The van der Waals surface area contributed by atoms with Crippen molar-refractivity contribution < 1.29 is 0 Å². The maximum absolute atomic E-state index is 8.98. The second kappa shape index (κ2) is 5.26. The van der Waals surface area contributed by atoms with Crippen LogP contribution in [0.1, 0.15) is 16.7 Å². The molecule has 3 heteroatoms. The van der Waals surface area contributed by atoms with E-state index in [-0.39, 0.29) is 0 Å². The molecule has 0 unspecified atom stereocenters. The minimum atomic E-state index is 0.700. The summed E-state index contributed by atoms with van der Waals surface area (Å²) in [5.74, 6) is 0. The van der Waals surface area contributed by atoms with Gasteiger partial charge in [-0.3, -0.25) is 0 Å². The van der Waals surface area contributed by atoms with Gasteiger partial charge < -0.3 is 10.2 Å². The zero-order chi connectivity index (χ0) is 13.9. The van der Waals surface area contributed by atoms with Gasteiger partial charge in [-0.25, -0.2) is 0 Å². The van der Waals surface area contributed by atoms with E-state index < -0.39 is 0 Å². The first-order valence-corrected chi connectivity index (χ1v) is 6.84. The SMILES string of the molecule is CN(Cc1cccc2c1NCC2)c1cccc(C#N)c1. The molecule has 0 amide bonds. The second-order valence-electron chi connectivity index (χ2n) is 5.15. The highest BCUT2D eigenvalue weighted by atomic mass is 15.1. The zero-order valence-electron chi connectivity index (χ0n) is 11.6. The summed E-state index contributed by atoms with van der Waals surface area (Å²) in [6, 6.07) is 16.4. The van der Waals surface area contributed by atoms with Crippen molar-refractivity contribution in [3.05, 3.63) is 59.2 Å². The number of nitriles is 1. The summed E-state index contributed by atoms with van der Waals surface area (Å²) >= 11 is 0. The fourth-order valence-electron chi connectivity index (χ4n) is 2.70. The molecule has 0 aliphatic carbocycles. The molecule has 0 radical (unpaired) electrons. The van der Waals surface area contributed by atoms with E-state index in [0.29, 0.717) is 5.56 Å². The van der Waals surface area contributed by atoms with Crippen LogP contribution in [0.5, 0.6) is 0 Å². The summed E-state index contributed by atoms with van der Waals surface area (Å²) in [5, 5.41) is 12.5. The first-order chi connectivity index (χ1) is 9.78. The van der Waals surface area contributed by atoms with E-state index in [4.69, 9.17) is 5.26 Å². The van der Waals surface area contributed by atoms with Gasteiger partial charge >= 0.3 is 0 Å². The predicted molar refractivity (Wildman–Crippen MR) is 81.9 cm³/mol. The van der Waals surface area contributed by atoms with Gasteiger partial charge in [0, 0.05) is 31.5 Å². The van der Waals surface area contributed by atoms with Crippen molar-refractivity contribution >= 4 is 11.4 Å². The van der Waals surface area contributed by atoms with E-state index in [9.17, 15) is 0 Å². The minimum absolute atomic E-state index is 0.700. The Labute approximate surface area is 119 Å². The van der Waals surface area contributed by atoms with E-state index in [0.717, 1.165) is 25.2 Å². The molecule has 20 heavy (non-hydrogen) atoms. The van der Waals surface area contributed by atoms with Crippen molar-refractivity contribution in [1.82, 2.24) is 0 Å². The molecule has 1 heterocycles. The molecule has 3 rings (SSSR count). The van der Waals surface area contributed by atoms with Crippen LogP contribution < -0.4 is 10.2 Å². The molecular formula is C17H17N3. The van der Waals surface area contributed by atoms with E-state index in [1.54, 1.807) is 0 Å². The van der Waals surface area contributed by atoms with Gasteiger partial charge in [-0.05, 0) is 35.7 Å². The zero-order valence-corrected chi connectivity index (χ0v) is 11.6. The lowest BCUT2D eigenvalue weighted by Gasteiger charge is -2.21. The Balaban J connectivity index is 1.84. The topological polar surface area (TPSA) is 39.1 Å². The summed E-state index contributed by atoms with van der Waals surface area (Å²) < 4.78 is 0. The van der Waals surface area contributed by atoms with Crippen LogP contribution in [0.4, 0.5) is 11.4 Å². The second-order valence-corrected chi connectivity index (χ2v) is 5.15. The molecule has 2 aromatic rings. The highest BCUT2D eigenvalue weighted by molar-refractivity contribution is 5.62. The van der Waals surface area contributed by atoms with Crippen LogP contribution in [-0.4, -0.2) is 13.6 Å². The Morgan fingerprint density at radius 2 is 2.10 bits per heavy atom. The molecular weight excluding hydrogens is 246 g/mol. The number of anilines is 2. The van der Waals surface area contributed by atoms with Gasteiger partial charge in [0.05, 0.1) is 11.6 Å². The fourth-order valence-corrected chi connectivity index (χ4v) is 2.70. The molecule has 0 bridgehead atoms. The standard InChI is InChI=1S/C17H17N3/c1-20(16-7-2-4-13(10-16)11-18)12-15-6-3-5-14-8-9-19-17(14)15/h2-7,10,19H,8-9,12H2,1H3. The fraction of sp³-hybridized carbons (Fsp3) is 0.235. The van der Waals surface area contributed by atoms with Crippen LogP contribution in [0.15, 0.2) is 42.5 Å². The minimum Gasteiger partial charge on any atom is -0.384 e. The highest BCUT2D eigenvalue weighted by Gasteiger charge is 2.14. The van der Waals surface area contributed by atoms with Crippen LogP contribution in [0.3, 0.4) is 0 Å². The Hall–Kier alpha value is -2.47. The van der Waals surface area contributed by atoms with Gasteiger partial charge in [0.25, 0.3) is 0 Å². The highest BCUT2D eigenvalue weighted by Crippen LogP contribution is 2.28. The van der Waals surface area contributed by atoms with Gasteiger partial charge in [-0.2, -0.15) is 5.26 Å². The van der Waals surface area contributed by atoms with Gasteiger partial charge in [0.15, 0.2) is 0 Å². The number of para-hydroxylation sites is 1. The third kappa shape index (κ3) is 2.33. The molecule has 1 N–H and O–H groups in total.